The molecule has 0 aliphatic carbocycles. The summed E-state index contributed by atoms with van der Waals surface area (Å²) in [4.78, 5) is 0. The molecule has 2 rings (SSSR count). The van der Waals surface area contributed by atoms with Crippen molar-refractivity contribution in [3.05, 3.63) is 47.5 Å². The molecule has 4 N–H and O–H groups in total. The maximum Gasteiger partial charge on any atom is 0.0397 e. The number of anilines is 2. The summed E-state index contributed by atoms with van der Waals surface area (Å²) in [6, 6.07) is 11.9. The Kier molecular flexibility index (Phi) is 2.57. The first-order chi connectivity index (χ1) is 7.59. The Hall–Kier alpha value is -1.96. The predicted octanol–water partition coefficient (Wildman–Crippen LogP) is 3.13. The van der Waals surface area contributed by atoms with Gasteiger partial charge in [-0.25, -0.2) is 0 Å². The number of aryl methyl sites for hydroxylation is 2. The highest BCUT2D eigenvalue weighted by molar-refractivity contribution is 5.84. The molecule has 0 amide bonds. The van der Waals surface area contributed by atoms with Crippen molar-refractivity contribution in [1.29, 1.82) is 0 Å². The summed E-state index contributed by atoms with van der Waals surface area (Å²) in [5, 5.41) is 0. The van der Waals surface area contributed by atoms with E-state index in [-0.39, 0.29) is 0 Å². The molecule has 0 atom stereocenters. The van der Waals surface area contributed by atoms with Crippen LogP contribution in [-0.4, -0.2) is 0 Å². The van der Waals surface area contributed by atoms with Gasteiger partial charge in [-0.05, 0) is 43.2 Å². The maximum atomic E-state index is 6.04. The van der Waals surface area contributed by atoms with Gasteiger partial charge in [0, 0.05) is 22.5 Å². The van der Waals surface area contributed by atoms with Gasteiger partial charge >= 0.3 is 0 Å². The highest BCUT2D eigenvalue weighted by Gasteiger charge is 2.07. The van der Waals surface area contributed by atoms with Gasteiger partial charge in [0.05, 0.1) is 0 Å². The second kappa shape index (κ2) is 3.89. The summed E-state index contributed by atoms with van der Waals surface area (Å²) in [5.74, 6) is 0. The summed E-state index contributed by atoms with van der Waals surface area (Å²) >= 11 is 0. The molecular weight excluding hydrogens is 196 g/mol. The van der Waals surface area contributed by atoms with Gasteiger partial charge < -0.3 is 11.5 Å². The Labute approximate surface area is 95.9 Å². The maximum absolute atomic E-state index is 6.04. The Morgan fingerprint density at radius 2 is 1.38 bits per heavy atom. The first-order valence-electron chi connectivity index (χ1n) is 5.31. The van der Waals surface area contributed by atoms with E-state index in [0.717, 1.165) is 22.5 Å². The highest BCUT2D eigenvalue weighted by Crippen LogP contribution is 2.32. The van der Waals surface area contributed by atoms with Crippen LogP contribution in [0.15, 0.2) is 36.4 Å². The molecule has 82 valence electrons. The molecular formula is C14H16N2. The molecule has 0 aliphatic rings. The van der Waals surface area contributed by atoms with Crippen LogP contribution in [0, 0.1) is 13.8 Å². The van der Waals surface area contributed by atoms with Gasteiger partial charge in [-0.1, -0.05) is 18.2 Å². The lowest BCUT2D eigenvalue weighted by atomic mass is 9.97. The third kappa shape index (κ3) is 1.74. The number of hydrogen-bond donors (Lipinski definition) is 2. The molecule has 16 heavy (non-hydrogen) atoms. The summed E-state index contributed by atoms with van der Waals surface area (Å²) in [6.45, 7) is 4.14. The molecule has 2 nitrogen and oxygen atoms in total. The molecule has 2 aromatic carbocycles. The Morgan fingerprint density at radius 3 is 2.06 bits per heavy atom. The zero-order valence-corrected chi connectivity index (χ0v) is 9.62. The second-order valence-corrected chi connectivity index (χ2v) is 4.11. The minimum absolute atomic E-state index is 0.762. The number of benzene rings is 2. The number of nitrogens with two attached hydrogens (primary N) is 2. The number of rotatable bonds is 1. The number of para-hydroxylation sites is 1. The van der Waals surface area contributed by atoms with E-state index in [2.05, 4.69) is 19.9 Å². The summed E-state index contributed by atoms with van der Waals surface area (Å²) in [6.07, 6.45) is 0. The van der Waals surface area contributed by atoms with E-state index < -0.39 is 0 Å². The van der Waals surface area contributed by atoms with Crippen molar-refractivity contribution in [2.24, 2.45) is 0 Å². The van der Waals surface area contributed by atoms with Crippen LogP contribution in [0.5, 0.6) is 0 Å². The Bertz CT molecular complexity index is 530. The fourth-order valence-electron chi connectivity index (χ4n) is 1.81. The van der Waals surface area contributed by atoms with Gasteiger partial charge in [-0.3, -0.25) is 0 Å². The lowest BCUT2D eigenvalue weighted by Crippen LogP contribution is -1.96. The van der Waals surface area contributed by atoms with Crippen molar-refractivity contribution < 1.29 is 0 Å². The van der Waals surface area contributed by atoms with Gasteiger partial charge in [-0.15, -0.1) is 0 Å². The fraction of sp³-hybridized carbons (Fsp3) is 0.143. The molecule has 0 saturated carbocycles. The molecule has 0 fully saturated rings. The van der Waals surface area contributed by atoms with Gasteiger partial charge in [-0.2, -0.15) is 0 Å². The first-order valence-corrected chi connectivity index (χ1v) is 5.31. The molecule has 0 bridgehead atoms. The molecule has 0 spiro atoms. The van der Waals surface area contributed by atoms with Crippen molar-refractivity contribution in [2.75, 3.05) is 11.5 Å². The zero-order chi connectivity index (χ0) is 11.7. The van der Waals surface area contributed by atoms with E-state index >= 15 is 0 Å². The molecule has 0 heterocycles. The topological polar surface area (TPSA) is 52.0 Å². The van der Waals surface area contributed by atoms with Crippen molar-refractivity contribution >= 4 is 11.4 Å². The molecule has 2 heteroatoms. The smallest absolute Gasteiger partial charge is 0.0397 e. The quantitative estimate of drug-likeness (QED) is 0.713. The van der Waals surface area contributed by atoms with Gasteiger partial charge in [0.15, 0.2) is 0 Å². The van der Waals surface area contributed by atoms with Crippen molar-refractivity contribution in [2.45, 2.75) is 13.8 Å². The first kappa shape index (κ1) is 10.6. The van der Waals surface area contributed by atoms with Crippen molar-refractivity contribution in [3.8, 4) is 11.1 Å². The van der Waals surface area contributed by atoms with Crippen LogP contribution in [0.3, 0.4) is 0 Å². The number of nitrogen functional groups attached to an aromatic ring is 2. The molecule has 0 saturated heterocycles. The van der Waals surface area contributed by atoms with Crippen LogP contribution in [-0.2, 0) is 0 Å². The second-order valence-electron chi connectivity index (χ2n) is 4.11. The SMILES string of the molecule is Cc1cc(N)c(-c2ccccc2N)cc1C. The van der Waals surface area contributed by atoms with E-state index in [4.69, 9.17) is 11.5 Å². The van der Waals surface area contributed by atoms with Crippen molar-refractivity contribution in [1.82, 2.24) is 0 Å². The minimum atomic E-state index is 0.762. The van der Waals surface area contributed by atoms with E-state index in [1.54, 1.807) is 0 Å². The average molecular weight is 212 g/mol. The lowest BCUT2D eigenvalue weighted by Gasteiger charge is -2.11. The van der Waals surface area contributed by atoms with Crippen LogP contribution in [0.1, 0.15) is 11.1 Å². The Balaban J connectivity index is 2.65. The van der Waals surface area contributed by atoms with Gasteiger partial charge in [0.2, 0.25) is 0 Å². The predicted molar refractivity (Wildman–Crippen MR) is 70.2 cm³/mol. The minimum Gasteiger partial charge on any atom is -0.398 e. The fourth-order valence-corrected chi connectivity index (χ4v) is 1.81. The van der Waals surface area contributed by atoms with Crippen LogP contribution >= 0.6 is 0 Å². The zero-order valence-electron chi connectivity index (χ0n) is 9.62. The molecule has 0 radical (unpaired) electrons. The summed E-state index contributed by atoms with van der Waals surface area (Å²) < 4.78 is 0. The van der Waals surface area contributed by atoms with E-state index in [1.807, 2.05) is 30.3 Å². The third-order valence-electron chi connectivity index (χ3n) is 2.92. The standard InChI is InChI=1S/C14H16N2/c1-9-7-12(14(16)8-10(9)2)11-5-3-4-6-13(11)15/h3-8H,15-16H2,1-2H3. The van der Waals surface area contributed by atoms with Crippen LogP contribution < -0.4 is 11.5 Å². The molecule has 0 unspecified atom stereocenters. The average Bonchev–Trinajstić information content (AvgIpc) is 2.25. The van der Waals surface area contributed by atoms with Gasteiger partial charge in [0.1, 0.15) is 0 Å². The van der Waals surface area contributed by atoms with E-state index in [9.17, 15) is 0 Å². The largest absolute Gasteiger partial charge is 0.398 e. The molecule has 2 aromatic rings. The van der Waals surface area contributed by atoms with Crippen LogP contribution in [0.25, 0.3) is 11.1 Å². The van der Waals surface area contributed by atoms with E-state index in [1.165, 1.54) is 11.1 Å². The van der Waals surface area contributed by atoms with Gasteiger partial charge in [0.25, 0.3) is 0 Å². The summed E-state index contributed by atoms with van der Waals surface area (Å²) in [7, 11) is 0. The van der Waals surface area contributed by atoms with Crippen molar-refractivity contribution in [3.63, 3.8) is 0 Å². The Morgan fingerprint density at radius 1 is 0.750 bits per heavy atom. The lowest BCUT2D eigenvalue weighted by molar-refractivity contribution is 1.34. The molecule has 0 aromatic heterocycles. The van der Waals surface area contributed by atoms with E-state index in [0.29, 0.717) is 0 Å². The molecule has 0 aliphatic heterocycles. The van der Waals surface area contributed by atoms with Crippen LogP contribution in [0.4, 0.5) is 11.4 Å². The monoisotopic (exact) mass is 212 g/mol. The van der Waals surface area contributed by atoms with Crippen LogP contribution in [0.2, 0.25) is 0 Å². The third-order valence-corrected chi connectivity index (χ3v) is 2.92. The highest BCUT2D eigenvalue weighted by atomic mass is 14.6. The number of hydrogen-bond acceptors (Lipinski definition) is 2. The summed E-state index contributed by atoms with van der Waals surface area (Å²) in [5.41, 5.74) is 18.0. The normalized spacial score (nSPS) is 10.4.